The lowest BCUT2D eigenvalue weighted by Gasteiger charge is -2.57. The molecule has 0 aromatic carbocycles. The summed E-state index contributed by atoms with van der Waals surface area (Å²) in [6.45, 7) is 10.7. The molecule has 33 heavy (non-hydrogen) atoms. The first-order valence-electron chi connectivity index (χ1n) is 12.9. The molecule has 4 aliphatic rings. The van der Waals surface area contributed by atoms with E-state index < -0.39 is 17.5 Å². The van der Waals surface area contributed by atoms with Crippen LogP contribution in [0.4, 0.5) is 0 Å². The highest BCUT2D eigenvalue weighted by Crippen LogP contribution is 2.64. The van der Waals surface area contributed by atoms with Gasteiger partial charge in [-0.2, -0.15) is 0 Å². The van der Waals surface area contributed by atoms with Gasteiger partial charge in [0.25, 0.3) is 0 Å². The van der Waals surface area contributed by atoms with Crippen LogP contribution in [0.1, 0.15) is 86.0 Å². The van der Waals surface area contributed by atoms with Gasteiger partial charge in [-0.15, -0.1) is 0 Å². The van der Waals surface area contributed by atoms with Crippen LogP contribution in [0.15, 0.2) is 34.9 Å². The molecule has 0 amide bonds. The summed E-state index contributed by atoms with van der Waals surface area (Å²) in [4.78, 5) is 0. The minimum atomic E-state index is -1.44. The lowest BCUT2D eigenvalue weighted by atomic mass is 9.49. The molecular formula is C29H42O4. The molecule has 0 saturated heterocycles. The SMILES string of the molecule is CCC1=CC[C@H]2C3=CC=C4C[C@](O)(OCC#CC(O)(CC)CC)C[C@H](O)[C@]4(C)[C@H]3CC[C@]12C. The number of rotatable bonds is 5. The van der Waals surface area contributed by atoms with Crippen LogP contribution in [0, 0.1) is 34.5 Å². The van der Waals surface area contributed by atoms with Gasteiger partial charge in [-0.25, -0.2) is 0 Å². The zero-order valence-corrected chi connectivity index (χ0v) is 21.1. The van der Waals surface area contributed by atoms with Gasteiger partial charge in [0.1, 0.15) is 12.2 Å². The Labute approximate surface area is 199 Å². The Hall–Kier alpha value is -1.38. The molecule has 0 heterocycles. The fourth-order valence-electron chi connectivity index (χ4n) is 7.18. The van der Waals surface area contributed by atoms with E-state index in [2.05, 4.69) is 50.8 Å². The molecule has 0 aromatic heterocycles. The van der Waals surface area contributed by atoms with Gasteiger partial charge < -0.3 is 20.1 Å². The van der Waals surface area contributed by atoms with Gasteiger partial charge in [0, 0.05) is 18.3 Å². The number of ether oxygens (including phenoxy) is 1. The number of allylic oxidation sites excluding steroid dienone is 5. The zero-order chi connectivity index (χ0) is 24.1. The third-order valence-electron chi connectivity index (χ3n) is 9.71. The van der Waals surface area contributed by atoms with Crippen molar-refractivity contribution in [3.63, 3.8) is 0 Å². The van der Waals surface area contributed by atoms with Crippen LogP contribution >= 0.6 is 0 Å². The van der Waals surface area contributed by atoms with Gasteiger partial charge in [0.05, 0.1) is 6.10 Å². The molecule has 2 saturated carbocycles. The van der Waals surface area contributed by atoms with Crippen molar-refractivity contribution in [1.29, 1.82) is 0 Å². The van der Waals surface area contributed by atoms with Crippen molar-refractivity contribution in [2.24, 2.45) is 22.7 Å². The van der Waals surface area contributed by atoms with Crippen molar-refractivity contribution in [3.05, 3.63) is 34.9 Å². The van der Waals surface area contributed by atoms with Gasteiger partial charge in [-0.05, 0) is 55.8 Å². The predicted octanol–water partition coefficient (Wildman–Crippen LogP) is 5.05. The predicted molar refractivity (Wildman–Crippen MR) is 131 cm³/mol. The van der Waals surface area contributed by atoms with Gasteiger partial charge in [-0.3, -0.25) is 0 Å². The Bertz CT molecular complexity index is 929. The van der Waals surface area contributed by atoms with Crippen LogP contribution in [0.25, 0.3) is 0 Å². The summed E-state index contributed by atoms with van der Waals surface area (Å²) in [6.07, 6.45) is 12.3. The highest BCUT2D eigenvalue weighted by molar-refractivity contribution is 5.43. The second-order valence-electron chi connectivity index (χ2n) is 11.2. The van der Waals surface area contributed by atoms with Crippen LogP contribution in [0.3, 0.4) is 0 Å². The van der Waals surface area contributed by atoms with Crippen molar-refractivity contribution in [3.8, 4) is 11.8 Å². The summed E-state index contributed by atoms with van der Waals surface area (Å²) in [7, 11) is 0. The van der Waals surface area contributed by atoms with Crippen LogP contribution in [-0.2, 0) is 4.74 Å². The van der Waals surface area contributed by atoms with Crippen LogP contribution in [0.2, 0.25) is 0 Å². The molecule has 2 fully saturated rings. The average Bonchev–Trinajstić information content (AvgIpc) is 3.14. The second-order valence-corrected chi connectivity index (χ2v) is 11.2. The van der Waals surface area contributed by atoms with Crippen molar-refractivity contribution in [2.45, 2.75) is 103 Å². The van der Waals surface area contributed by atoms with E-state index in [4.69, 9.17) is 4.74 Å². The number of hydrogen-bond acceptors (Lipinski definition) is 4. The first-order valence-corrected chi connectivity index (χ1v) is 12.9. The third kappa shape index (κ3) is 3.96. The normalized spacial score (nSPS) is 39.9. The fourth-order valence-corrected chi connectivity index (χ4v) is 7.18. The largest absolute Gasteiger partial charge is 0.392 e. The van der Waals surface area contributed by atoms with Gasteiger partial charge in [0.15, 0.2) is 5.79 Å². The van der Waals surface area contributed by atoms with Crippen LogP contribution in [-0.4, -0.2) is 39.4 Å². The summed E-state index contributed by atoms with van der Waals surface area (Å²) < 4.78 is 5.81. The Morgan fingerprint density at radius 3 is 2.55 bits per heavy atom. The molecule has 4 heteroatoms. The van der Waals surface area contributed by atoms with Crippen LogP contribution < -0.4 is 0 Å². The van der Waals surface area contributed by atoms with E-state index in [0.717, 1.165) is 31.3 Å². The summed E-state index contributed by atoms with van der Waals surface area (Å²) in [5.41, 5.74) is 3.04. The van der Waals surface area contributed by atoms with E-state index in [1.54, 1.807) is 5.57 Å². The monoisotopic (exact) mass is 454 g/mol. The molecule has 182 valence electrons. The Morgan fingerprint density at radius 2 is 1.88 bits per heavy atom. The van der Waals surface area contributed by atoms with Crippen molar-refractivity contribution in [1.82, 2.24) is 0 Å². The molecule has 0 aromatic rings. The lowest BCUT2D eigenvalue weighted by Crippen LogP contribution is -2.56. The first-order chi connectivity index (χ1) is 15.5. The van der Waals surface area contributed by atoms with Gasteiger partial charge >= 0.3 is 0 Å². The smallest absolute Gasteiger partial charge is 0.172 e. The molecule has 0 aliphatic heterocycles. The maximum atomic E-state index is 11.4. The summed E-state index contributed by atoms with van der Waals surface area (Å²) >= 11 is 0. The highest BCUT2D eigenvalue weighted by Gasteiger charge is 2.58. The summed E-state index contributed by atoms with van der Waals surface area (Å²) in [5.74, 6) is 5.15. The topological polar surface area (TPSA) is 69.9 Å². The van der Waals surface area contributed by atoms with E-state index in [1.807, 2.05) is 13.8 Å². The van der Waals surface area contributed by atoms with Crippen molar-refractivity contribution >= 4 is 0 Å². The van der Waals surface area contributed by atoms with Crippen molar-refractivity contribution < 1.29 is 20.1 Å². The molecule has 0 spiro atoms. The van der Waals surface area contributed by atoms with E-state index in [1.165, 1.54) is 5.57 Å². The molecule has 4 rings (SSSR count). The van der Waals surface area contributed by atoms with E-state index in [9.17, 15) is 15.3 Å². The number of fused-ring (bicyclic) bond motifs is 5. The Morgan fingerprint density at radius 1 is 1.15 bits per heavy atom. The van der Waals surface area contributed by atoms with E-state index >= 15 is 0 Å². The molecule has 4 nitrogen and oxygen atoms in total. The summed E-state index contributed by atoms with van der Waals surface area (Å²) in [5, 5.41) is 33.0. The molecule has 4 aliphatic carbocycles. The Kier molecular flexibility index (Phi) is 6.51. The zero-order valence-electron chi connectivity index (χ0n) is 21.1. The highest BCUT2D eigenvalue weighted by atomic mass is 16.6. The van der Waals surface area contributed by atoms with Crippen molar-refractivity contribution in [2.75, 3.05) is 6.61 Å². The molecule has 3 N–H and O–H groups in total. The maximum Gasteiger partial charge on any atom is 0.172 e. The molecule has 0 unspecified atom stereocenters. The lowest BCUT2D eigenvalue weighted by molar-refractivity contribution is -0.236. The minimum absolute atomic E-state index is 0.0337. The van der Waals surface area contributed by atoms with E-state index in [-0.39, 0.29) is 23.9 Å². The number of hydrogen-bond donors (Lipinski definition) is 3. The minimum Gasteiger partial charge on any atom is -0.392 e. The Balaban J connectivity index is 1.54. The first kappa shape index (κ1) is 24.7. The van der Waals surface area contributed by atoms with Crippen LogP contribution in [0.5, 0.6) is 0 Å². The average molecular weight is 455 g/mol. The summed E-state index contributed by atoms with van der Waals surface area (Å²) in [6, 6.07) is 0. The molecule has 6 atom stereocenters. The second kappa shape index (κ2) is 8.68. The fraction of sp³-hybridized carbons (Fsp3) is 0.724. The van der Waals surface area contributed by atoms with E-state index in [0.29, 0.717) is 31.1 Å². The number of aliphatic hydroxyl groups is 3. The number of aliphatic hydroxyl groups excluding tert-OH is 1. The molecule has 0 bridgehead atoms. The third-order valence-corrected chi connectivity index (χ3v) is 9.71. The maximum absolute atomic E-state index is 11.4. The van der Waals surface area contributed by atoms with Gasteiger partial charge in [0.2, 0.25) is 0 Å². The quantitative estimate of drug-likeness (QED) is 0.309. The van der Waals surface area contributed by atoms with Gasteiger partial charge in [-0.1, -0.05) is 81.4 Å². The molecule has 0 radical (unpaired) electrons. The standard InChI is InChI=1S/C29H42O4/c1-6-20-11-13-23-22-12-10-21-18-29(32,33-17-9-15-28(31,7-2)8-3)19-25(30)27(21,5)24(22)14-16-26(20,23)4/h10-12,23-25,30-32H,6-8,13-14,16-19H2,1-5H3/t23-,24-,25-,26+,27-,29-/m0/s1. The molecular weight excluding hydrogens is 412 g/mol.